The van der Waals surface area contributed by atoms with Crippen LogP contribution in [0.2, 0.25) is 0 Å². The van der Waals surface area contributed by atoms with E-state index in [1.807, 2.05) is 29.3 Å². The van der Waals surface area contributed by atoms with Gasteiger partial charge in [-0.15, -0.1) is 0 Å². The molecule has 3 aromatic carbocycles. The van der Waals surface area contributed by atoms with Crippen molar-refractivity contribution in [3.05, 3.63) is 112 Å². The van der Waals surface area contributed by atoms with Crippen molar-refractivity contribution in [2.24, 2.45) is 5.92 Å². The molecule has 252 valence electrons. The Kier molecular flexibility index (Phi) is 7.01. The molecule has 1 amide bonds. The Morgan fingerprint density at radius 1 is 0.837 bits per heavy atom. The molecule has 0 aromatic heterocycles. The number of morpholine rings is 2. The van der Waals surface area contributed by atoms with Crippen molar-refractivity contribution in [3.63, 3.8) is 0 Å². The van der Waals surface area contributed by atoms with Crippen LogP contribution in [0.3, 0.4) is 0 Å². The molecule has 0 aliphatic carbocycles. The van der Waals surface area contributed by atoms with Crippen molar-refractivity contribution < 1.29 is 42.1 Å². The fraction of sp³-hybridized carbons (Fsp3) is 0.361. The van der Waals surface area contributed by atoms with Crippen LogP contribution in [0, 0.1) is 17.6 Å². The molecule has 0 N–H and O–H groups in total. The van der Waals surface area contributed by atoms with Gasteiger partial charge in [0, 0.05) is 42.4 Å². The lowest BCUT2D eigenvalue weighted by atomic mass is 9.90. The number of hydrogen-bond donors (Lipinski definition) is 0. The zero-order valence-corrected chi connectivity index (χ0v) is 26.5. The third-order valence-electron chi connectivity index (χ3n) is 10.3. The van der Waals surface area contributed by atoms with E-state index < -0.39 is 59.8 Å². The van der Waals surface area contributed by atoms with Crippen molar-refractivity contribution >= 4 is 23.3 Å². The summed E-state index contributed by atoms with van der Waals surface area (Å²) in [6.07, 6.45) is -1.90. The highest BCUT2D eigenvalue weighted by atomic mass is 19.2. The summed E-state index contributed by atoms with van der Waals surface area (Å²) in [5.74, 6) is -4.22. The summed E-state index contributed by atoms with van der Waals surface area (Å²) in [7, 11) is 0. The zero-order valence-electron chi connectivity index (χ0n) is 26.5. The molecule has 6 heterocycles. The van der Waals surface area contributed by atoms with Gasteiger partial charge < -0.3 is 28.7 Å². The fourth-order valence-electron chi connectivity index (χ4n) is 8.11. The van der Waals surface area contributed by atoms with Gasteiger partial charge in [-0.1, -0.05) is 49.4 Å². The highest BCUT2D eigenvalue weighted by Gasteiger charge is 2.54. The highest BCUT2D eigenvalue weighted by molar-refractivity contribution is 6.06. The molecule has 13 heteroatoms. The molecule has 49 heavy (non-hydrogen) atoms. The number of halogens is 2. The molecule has 6 aliphatic heterocycles. The van der Waals surface area contributed by atoms with Gasteiger partial charge in [-0.3, -0.25) is 14.6 Å². The van der Waals surface area contributed by atoms with Crippen LogP contribution >= 0.6 is 0 Å². The van der Waals surface area contributed by atoms with Gasteiger partial charge in [0.25, 0.3) is 12.2 Å². The van der Waals surface area contributed by atoms with Gasteiger partial charge in [-0.25, -0.2) is 13.6 Å². The number of carbonyl (C=O) groups is 3. The van der Waals surface area contributed by atoms with Gasteiger partial charge in [0.15, 0.2) is 23.1 Å². The monoisotopic (exact) mass is 670 g/mol. The van der Waals surface area contributed by atoms with Crippen LogP contribution in [-0.4, -0.2) is 84.8 Å². The maximum atomic E-state index is 16.2. The molecule has 0 spiro atoms. The van der Waals surface area contributed by atoms with Gasteiger partial charge >= 0.3 is 5.97 Å². The Bertz CT molecular complexity index is 1950. The van der Waals surface area contributed by atoms with Crippen molar-refractivity contribution in [1.82, 2.24) is 14.9 Å². The van der Waals surface area contributed by atoms with Gasteiger partial charge in [0.1, 0.15) is 6.17 Å². The van der Waals surface area contributed by atoms with Crippen LogP contribution in [0.15, 0.2) is 72.1 Å². The number of amides is 1. The molecule has 0 saturated carbocycles. The predicted octanol–water partition coefficient (Wildman–Crippen LogP) is 3.98. The molecular weight excluding hydrogens is 638 g/mol. The quantitative estimate of drug-likeness (QED) is 0.381. The molecule has 9 rings (SSSR count). The Balaban J connectivity index is 1.26. The standard InChI is InChI=1S/C36H32F2N4O7/c1-19-16-41-31(33(32(19)43)48-36-21-7-3-2-6-20(21)35(45)49-36)34(44)40-13-15-47-18-27(40)42(41)30-22-8-4-5-9-25(22)39-12-14-46-17-26(39)28-23(30)10-11-24(37)29(28)38/h2-11,19,26-27,30,36H,12-18H2,1H3/t19?,26?,27-,30+,36?/m1/s1. The van der Waals surface area contributed by atoms with Crippen molar-refractivity contribution in [2.45, 2.75) is 31.5 Å². The number of cyclic esters (lactones) is 1. The third-order valence-corrected chi connectivity index (χ3v) is 10.3. The van der Waals surface area contributed by atoms with E-state index in [0.29, 0.717) is 29.8 Å². The summed E-state index contributed by atoms with van der Waals surface area (Å²) in [6, 6.07) is 15.8. The molecule has 3 saturated heterocycles. The minimum atomic E-state index is -1.24. The van der Waals surface area contributed by atoms with Gasteiger partial charge in [0.2, 0.25) is 5.78 Å². The number of ether oxygens (including phenoxy) is 4. The maximum Gasteiger partial charge on any atom is 0.342 e. The Hall–Kier alpha value is -4.85. The summed E-state index contributed by atoms with van der Waals surface area (Å²) in [6.45, 7) is 3.50. The number of allylic oxidation sites excluding steroid dienone is 1. The second kappa shape index (κ2) is 11.4. The van der Waals surface area contributed by atoms with Crippen molar-refractivity contribution in [2.75, 3.05) is 51.0 Å². The van der Waals surface area contributed by atoms with E-state index >= 15 is 8.78 Å². The first-order valence-electron chi connectivity index (χ1n) is 16.4. The largest absolute Gasteiger partial charge is 0.444 e. The number of rotatable bonds is 3. The van der Waals surface area contributed by atoms with E-state index in [9.17, 15) is 14.4 Å². The van der Waals surface area contributed by atoms with Crippen LogP contribution in [0.25, 0.3) is 0 Å². The molecule has 3 fully saturated rings. The molecule has 5 atom stereocenters. The number of carbonyl (C=O) groups excluding carboxylic acids is 3. The van der Waals surface area contributed by atoms with E-state index in [1.54, 1.807) is 47.2 Å². The number of fused-ring (bicyclic) bond motifs is 8. The smallest absolute Gasteiger partial charge is 0.342 e. The minimum Gasteiger partial charge on any atom is -0.444 e. The number of Topliss-reactive ketones (excluding diaryl/α,β-unsaturated/α-hetero) is 1. The van der Waals surface area contributed by atoms with Gasteiger partial charge in [-0.2, -0.15) is 5.01 Å². The van der Waals surface area contributed by atoms with Crippen LogP contribution in [0.4, 0.5) is 14.5 Å². The number of ketones is 1. The Morgan fingerprint density at radius 3 is 2.41 bits per heavy atom. The van der Waals surface area contributed by atoms with Crippen LogP contribution in [0.5, 0.6) is 0 Å². The molecule has 0 radical (unpaired) electrons. The summed E-state index contributed by atoms with van der Waals surface area (Å²) >= 11 is 0. The van der Waals surface area contributed by atoms with E-state index in [1.165, 1.54) is 0 Å². The van der Waals surface area contributed by atoms with E-state index in [0.717, 1.165) is 17.3 Å². The lowest BCUT2D eigenvalue weighted by Gasteiger charge is -2.56. The molecule has 3 aromatic rings. The topological polar surface area (TPSA) is 101 Å². The Labute approximate surface area is 280 Å². The number of hydrogen-bond acceptors (Lipinski definition) is 10. The van der Waals surface area contributed by atoms with Gasteiger partial charge in [-0.05, 0) is 29.3 Å². The van der Waals surface area contributed by atoms with E-state index in [4.69, 9.17) is 18.9 Å². The number of esters is 1. The van der Waals surface area contributed by atoms with Crippen molar-refractivity contribution in [1.29, 1.82) is 0 Å². The summed E-state index contributed by atoms with van der Waals surface area (Å²) < 4.78 is 54.9. The SMILES string of the molecule is CC1CN2C(=C(OC3OC(=O)c4ccccc43)C1=O)C(=O)N1CCOC[C@H]1N2[C@H]1c2ccccc2N2CCOCC2c2c1ccc(F)c2F. The fourth-order valence-corrected chi connectivity index (χ4v) is 8.11. The summed E-state index contributed by atoms with van der Waals surface area (Å²) in [4.78, 5) is 44.9. The maximum absolute atomic E-state index is 16.2. The third kappa shape index (κ3) is 4.45. The molecule has 6 aliphatic rings. The average molecular weight is 671 g/mol. The molecule has 0 bridgehead atoms. The van der Waals surface area contributed by atoms with E-state index in [-0.39, 0.29) is 49.9 Å². The van der Waals surface area contributed by atoms with Crippen LogP contribution < -0.4 is 4.90 Å². The molecule has 3 unspecified atom stereocenters. The lowest BCUT2D eigenvalue weighted by molar-refractivity contribution is -0.206. The number of benzene rings is 3. The van der Waals surface area contributed by atoms with Crippen LogP contribution in [-0.2, 0) is 28.5 Å². The summed E-state index contributed by atoms with van der Waals surface area (Å²) in [5.41, 5.74) is 3.09. The van der Waals surface area contributed by atoms with Gasteiger partial charge in [0.05, 0.1) is 44.1 Å². The van der Waals surface area contributed by atoms with Crippen molar-refractivity contribution in [3.8, 4) is 0 Å². The predicted molar refractivity (Wildman–Crippen MR) is 167 cm³/mol. The Morgan fingerprint density at radius 2 is 1.57 bits per heavy atom. The second-order valence-corrected chi connectivity index (χ2v) is 13.0. The molecular formula is C36H32F2N4O7. The molecule has 11 nitrogen and oxygen atoms in total. The second-order valence-electron chi connectivity index (χ2n) is 13.0. The number of nitrogens with zero attached hydrogens (tertiary/aromatic N) is 4. The normalized spacial score (nSPS) is 27.8. The number of anilines is 1. The number of para-hydroxylation sites is 1. The summed E-state index contributed by atoms with van der Waals surface area (Å²) in [5, 5.41) is 3.71. The first-order chi connectivity index (χ1) is 23.8. The van der Waals surface area contributed by atoms with E-state index in [2.05, 4.69) is 4.90 Å². The lowest BCUT2D eigenvalue weighted by Crippen LogP contribution is -2.70. The zero-order chi connectivity index (χ0) is 33.6. The van der Waals surface area contributed by atoms with Crippen LogP contribution in [0.1, 0.15) is 57.9 Å². The minimum absolute atomic E-state index is 0.00593. The average Bonchev–Trinajstić information content (AvgIpc) is 3.38. The first kappa shape index (κ1) is 30.2. The first-order valence-corrected chi connectivity index (χ1v) is 16.4. The highest BCUT2D eigenvalue weighted by Crippen LogP contribution is 2.50. The number of hydrazine groups is 1.